The number of aromatic nitrogens is 1. The summed E-state index contributed by atoms with van der Waals surface area (Å²) >= 11 is 12.2. The number of rotatable bonds is 6. The maximum Gasteiger partial charge on any atom is 0.337 e. The molecule has 0 saturated heterocycles. The van der Waals surface area contributed by atoms with E-state index in [0.29, 0.717) is 22.7 Å². The minimum absolute atomic E-state index is 0.0928. The second kappa shape index (κ2) is 8.72. The van der Waals surface area contributed by atoms with Gasteiger partial charge in [-0.15, -0.1) is 0 Å². The monoisotopic (exact) mass is 417 g/mol. The van der Waals surface area contributed by atoms with Gasteiger partial charge in [0.25, 0.3) is 0 Å². The third-order valence-electron chi connectivity index (χ3n) is 4.41. The van der Waals surface area contributed by atoms with Crippen LogP contribution in [0.2, 0.25) is 10.0 Å². The van der Waals surface area contributed by atoms with E-state index in [-0.39, 0.29) is 17.0 Å². The van der Waals surface area contributed by atoms with E-state index in [1.54, 1.807) is 24.3 Å². The van der Waals surface area contributed by atoms with Gasteiger partial charge in [0.2, 0.25) is 0 Å². The van der Waals surface area contributed by atoms with E-state index in [2.05, 4.69) is 4.98 Å². The molecule has 1 N–H and O–H groups in total. The van der Waals surface area contributed by atoms with Crippen molar-refractivity contribution in [1.82, 2.24) is 4.98 Å². The van der Waals surface area contributed by atoms with Crippen LogP contribution in [-0.2, 0) is 12.8 Å². The molecule has 0 atom stereocenters. The van der Waals surface area contributed by atoms with Gasteiger partial charge in [-0.3, -0.25) is 4.98 Å². The predicted octanol–water partition coefficient (Wildman–Crippen LogP) is 6.44. The summed E-state index contributed by atoms with van der Waals surface area (Å²) < 4.78 is 13.3. The lowest BCUT2D eigenvalue weighted by molar-refractivity contribution is 0.0695. The number of hydrogen-bond acceptors (Lipinski definition) is 2. The van der Waals surface area contributed by atoms with Crippen LogP contribution in [0.15, 0.2) is 48.5 Å². The highest BCUT2D eigenvalue weighted by Crippen LogP contribution is 2.30. The molecule has 2 aromatic carbocycles. The Morgan fingerprint density at radius 3 is 2.54 bits per heavy atom. The molecule has 3 nitrogen and oxygen atoms in total. The van der Waals surface area contributed by atoms with Crippen molar-refractivity contribution in [2.75, 3.05) is 0 Å². The van der Waals surface area contributed by atoms with Gasteiger partial charge in [0, 0.05) is 27.7 Å². The van der Waals surface area contributed by atoms with Crippen LogP contribution in [0, 0.1) is 5.82 Å². The Hall–Kier alpha value is -2.43. The van der Waals surface area contributed by atoms with Crippen LogP contribution >= 0.6 is 23.2 Å². The molecule has 0 amide bonds. The zero-order chi connectivity index (χ0) is 20.3. The standard InChI is InChI=1S/C22H18Cl2FNO2/c1-2-4-20-17(13-5-3-6-15(23)9-13)12-18(22(27)28)21(26-20)10-14-7-8-16(25)11-19(14)24/h3,5-9,11-12H,2,4,10H2,1H3,(H,27,28). The lowest BCUT2D eigenvalue weighted by atomic mass is 9.96. The molecule has 144 valence electrons. The molecule has 0 fully saturated rings. The van der Waals surface area contributed by atoms with Crippen molar-refractivity contribution in [2.24, 2.45) is 0 Å². The number of carbonyl (C=O) groups is 1. The van der Waals surface area contributed by atoms with Gasteiger partial charge in [0.05, 0.1) is 11.3 Å². The average Bonchev–Trinajstić information content (AvgIpc) is 2.64. The summed E-state index contributed by atoms with van der Waals surface area (Å²) in [6.45, 7) is 2.03. The Bertz CT molecular complexity index is 1040. The van der Waals surface area contributed by atoms with Crippen LogP contribution in [0.1, 0.15) is 40.7 Å². The van der Waals surface area contributed by atoms with Gasteiger partial charge in [-0.05, 0) is 47.9 Å². The first kappa shape index (κ1) is 20.3. The Morgan fingerprint density at radius 2 is 1.89 bits per heavy atom. The van der Waals surface area contributed by atoms with E-state index in [1.807, 2.05) is 19.1 Å². The number of carboxylic acid groups (broad SMARTS) is 1. The average molecular weight is 418 g/mol. The van der Waals surface area contributed by atoms with Crippen molar-refractivity contribution in [2.45, 2.75) is 26.2 Å². The largest absolute Gasteiger partial charge is 0.478 e. The molecule has 0 saturated carbocycles. The maximum absolute atomic E-state index is 13.3. The van der Waals surface area contributed by atoms with Crippen molar-refractivity contribution < 1.29 is 14.3 Å². The highest BCUT2D eigenvalue weighted by atomic mass is 35.5. The zero-order valence-corrected chi connectivity index (χ0v) is 16.7. The number of nitrogens with zero attached hydrogens (tertiary/aromatic N) is 1. The molecular weight excluding hydrogens is 400 g/mol. The third-order valence-corrected chi connectivity index (χ3v) is 4.99. The van der Waals surface area contributed by atoms with Crippen molar-refractivity contribution in [1.29, 1.82) is 0 Å². The Morgan fingerprint density at radius 1 is 1.11 bits per heavy atom. The first-order valence-corrected chi connectivity index (χ1v) is 9.60. The minimum atomic E-state index is -1.08. The van der Waals surface area contributed by atoms with Crippen LogP contribution in [0.3, 0.4) is 0 Å². The quantitative estimate of drug-likeness (QED) is 0.502. The van der Waals surface area contributed by atoms with Gasteiger partial charge >= 0.3 is 5.97 Å². The highest BCUT2D eigenvalue weighted by molar-refractivity contribution is 6.31. The SMILES string of the molecule is CCCc1nc(Cc2ccc(F)cc2Cl)c(C(=O)O)cc1-c1cccc(Cl)c1. The molecule has 3 aromatic rings. The second-order valence-electron chi connectivity index (χ2n) is 6.45. The maximum atomic E-state index is 13.3. The Balaban J connectivity index is 2.14. The molecule has 0 aliphatic carbocycles. The summed E-state index contributed by atoms with van der Waals surface area (Å²) in [6, 6.07) is 13.0. The molecule has 0 unspecified atom stereocenters. The van der Waals surface area contributed by atoms with E-state index >= 15 is 0 Å². The molecule has 0 spiro atoms. The normalized spacial score (nSPS) is 10.9. The Kier molecular flexibility index (Phi) is 6.32. The van der Waals surface area contributed by atoms with Crippen molar-refractivity contribution in [3.63, 3.8) is 0 Å². The smallest absolute Gasteiger partial charge is 0.337 e. The summed E-state index contributed by atoms with van der Waals surface area (Å²) in [4.78, 5) is 16.6. The summed E-state index contributed by atoms with van der Waals surface area (Å²) in [5, 5.41) is 10.6. The molecule has 28 heavy (non-hydrogen) atoms. The van der Waals surface area contributed by atoms with Gasteiger partial charge in [0.1, 0.15) is 5.82 Å². The number of aromatic carboxylic acids is 1. The number of benzene rings is 2. The van der Waals surface area contributed by atoms with Crippen LogP contribution in [-0.4, -0.2) is 16.1 Å². The van der Waals surface area contributed by atoms with E-state index < -0.39 is 11.8 Å². The van der Waals surface area contributed by atoms with Crippen LogP contribution in [0.25, 0.3) is 11.1 Å². The second-order valence-corrected chi connectivity index (χ2v) is 7.30. The number of hydrogen-bond donors (Lipinski definition) is 1. The first-order chi connectivity index (χ1) is 13.4. The number of carboxylic acids is 1. The summed E-state index contributed by atoms with van der Waals surface area (Å²) in [6.07, 6.45) is 1.74. The lowest BCUT2D eigenvalue weighted by Gasteiger charge is -2.15. The fraction of sp³-hybridized carbons (Fsp3) is 0.182. The van der Waals surface area contributed by atoms with E-state index in [4.69, 9.17) is 23.2 Å². The lowest BCUT2D eigenvalue weighted by Crippen LogP contribution is -2.10. The van der Waals surface area contributed by atoms with Gasteiger partial charge in [-0.1, -0.05) is 54.7 Å². The summed E-state index contributed by atoms with van der Waals surface area (Å²) in [5.41, 5.74) is 3.47. The molecule has 1 heterocycles. The van der Waals surface area contributed by atoms with Crippen molar-refractivity contribution in [3.8, 4) is 11.1 Å². The highest BCUT2D eigenvalue weighted by Gasteiger charge is 2.19. The van der Waals surface area contributed by atoms with E-state index in [9.17, 15) is 14.3 Å². The summed E-state index contributed by atoms with van der Waals surface area (Å²) in [7, 11) is 0. The molecule has 1 aromatic heterocycles. The molecule has 0 bridgehead atoms. The van der Waals surface area contributed by atoms with E-state index in [0.717, 1.165) is 23.2 Å². The molecular formula is C22H18Cl2FNO2. The van der Waals surface area contributed by atoms with Crippen LogP contribution in [0.5, 0.6) is 0 Å². The fourth-order valence-corrected chi connectivity index (χ4v) is 3.52. The van der Waals surface area contributed by atoms with Gasteiger partial charge in [-0.2, -0.15) is 0 Å². The van der Waals surface area contributed by atoms with Gasteiger partial charge in [-0.25, -0.2) is 9.18 Å². The van der Waals surface area contributed by atoms with Crippen LogP contribution < -0.4 is 0 Å². The minimum Gasteiger partial charge on any atom is -0.478 e. The molecule has 0 aliphatic heterocycles. The number of halogens is 3. The van der Waals surface area contributed by atoms with E-state index in [1.165, 1.54) is 12.1 Å². The number of aryl methyl sites for hydroxylation is 1. The Labute approximate surface area is 172 Å². The van der Waals surface area contributed by atoms with Gasteiger partial charge in [0.15, 0.2) is 0 Å². The predicted molar refractivity (Wildman–Crippen MR) is 110 cm³/mol. The third kappa shape index (κ3) is 4.51. The fourth-order valence-electron chi connectivity index (χ4n) is 3.09. The molecule has 6 heteroatoms. The van der Waals surface area contributed by atoms with Gasteiger partial charge < -0.3 is 5.11 Å². The van der Waals surface area contributed by atoms with Crippen molar-refractivity contribution >= 4 is 29.2 Å². The first-order valence-electron chi connectivity index (χ1n) is 8.85. The van der Waals surface area contributed by atoms with Crippen molar-refractivity contribution in [3.05, 3.63) is 86.9 Å². The number of pyridine rings is 1. The summed E-state index contributed by atoms with van der Waals surface area (Å²) in [5.74, 6) is -1.52. The molecule has 0 aliphatic rings. The molecule has 0 radical (unpaired) electrons. The zero-order valence-electron chi connectivity index (χ0n) is 15.2. The van der Waals surface area contributed by atoms with Crippen LogP contribution in [0.4, 0.5) is 4.39 Å². The molecule has 3 rings (SSSR count). The topological polar surface area (TPSA) is 50.2 Å².